The molecule has 9 heteroatoms. The Kier molecular flexibility index (Phi) is 4.14. The molecule has 2 heterocycles. The van der Waals surface area contributed by atoms with Gasteiger partial charge >= 0.3 is 5.97 Å². The Labute approximate surface area is 124 Å². The second-order valence-electron chi connectivity index (χ2n) is 4.10. The van der Waals surface area contributed by atoms with Crippen LogP contribution in [-0.4, -0.2) is 24.1 Å². The van der Waals surface area contributed by atoms with Gasteiger partial charge in [-0.3, -0.25) is 9.52 Å². The number of carbonyl (C=O) groups is 1. The van der Waals surface area contributed by atoms with Gasteiger partial charge in [0.15, 0.2) is 0 Å². The lowest BCUT2D eigenvalue weighted by atomic mass is 10.4. The molecule has 0 bridgehead atoms. The number of nitrogens with zero attached hydrogens (tertiary/aromatic N) is 1. The summed E-state index contributed by atoms with van der Waals surface area (Å²) in [6.07, 6.45) is 1.39. The van der Waals surface area contributed by atoms with Crippen molar-refractivity contribution in [3.8, 4) is 0 Å². The molecule has 0 radical (unpaired) electrons. The molecule has 0 aliphatic heterocycles. The lowest BCUT2D eigenvalue weighted by Crippen LogP contribution is -2.19. The van der Waals surface area contributed by atoms with Gasteiger partial charge in [0.2, 0.25) is 0 Å². The molecule has 7 nitrogen and oxygen atoms in total. The predicted octanol–water partition coefficient (Wildman–Crippen LogP) is 1.43. The number of sulfonamides is 1. The highest BCUT2D eigenvalue weighted by molar-refractivity contribution is 7.92. The van der Waals surface area contributed by atoms with Crippen LogP contribution in [0.1, 0.15) is 16.6 Å². The quantitative estimate of drug-likeness (QED) is 0.863. The van der Waals surface area contributed by atoms with E-state index < -0.39 is 16.0 Å². The molecule has 21 heavy (non-hydrogen) atoms. The normalized spacial score (nSPS) is 11.3. The van der Waals surface area contributed by atoms with Crippen LogP contribution in [0.15, 0.2) is 39.5 Å². The maximum Gasteiger partial charge on any atom is 0.345 e. The van der Waals surface area contributed by atoms with Gasteiger partial charge in [-0.15, -0.1) is 11.3 Å². The molecule has 2 aromatic rings. The lowest BCUT2D eigenvalue weighted by Gasteiger charge is -2.08. The second kappa shape index (κ2) is 5.70. The molecular weight excluding hydrogens is 316 g/mol. The standard InChI is InChI=1S/C12H12N2O5S2/c1-2-14-6-8(3-4-11(14)15)13-21(18,19)9-5-10(12(16)17)20-7-9/h3-7,13H,2H2,1H3,(H,16,17). The highest BCUT2D eigenvalue weighted by Gasteiger charge is 2.18. The second-order valence-corrected chi connectivity index (χ2v) is 6.69. The van der Waals surface area contributed by atoms with Crippen LogP contribution >= 0.6 is 11.3 Å². The molecule has 2 rings (SSSR count). The van der Waals surface area contributed by atoms with Crippen molar-refractivity contribution < 1.29 is 18.3 Å². The molecule has 0 fully saturated rings. The van der Waals surface area contributed by atoms with E-state index in [9.17, 15) is 18.0 Å². The average Bonchev–Trinajstić information content (AvgIpc) is 2.91. The number of carboxylic acid groups (broad SMARTS) is 1. The van der Waals surface area contributed by atoms with Crippen molar-refractivity contribution in [3.63, 3.8) is 0 Å². The van der Waals surface area contributed by atoms with Crippen LogP contribution in [0.2, 0.25) is 0 Å². The van der Waals surface area contributed by atoms with Crippen LogP contribution in [0, 0.1) is 0 Å². The van der Waals surface area contributed by atoms with Gasteiger partial charge < -0.3 is 9.67 Å². The summed E-state index contributed by atoms with van der Waals surface area (Å²) < 4.78 is 27.9. The van der Waals surface area contributed by atoms with Crippen LogP contribution in [-0.2, 0) is 16.6 Å². The number of hydrogen-bond acceptors (Lipinski definition) is 5. The summed E-state index contributed by atoms with van der Waals surface area (Å²) in [7, 11) is -3.88. The highest BCUT2D eigenvalue weighted by Crippen LogP contribution is 2.21. The minimum atomic E-state index is -3.88. The number of rotatable bonds is 5. The third-order valence-electron chi connectivity index (χ3n) is 2.67. The molecule has 0 saturated carbocycles. The number of aryl methyl sites for hydroxylation is 1. The summed E-state index contributed by atoms with van der Waals surface area (Å²) in [5.41, 5.74) is 0.00340. The smallest absolute Gasteiger partial charge is 0.345 e. The van der Waals surface area contributed by atoms with Gasteiger partial charge in [0.05, 0.1) is 10.6 Å². The van der Waals surface area contributed by atoms with Gasteiger partial charge in [0.25, 0.3) is 15.6 Å². The van der Waals surface area contributed by atoms with Crippen LogP contribution in [0.25, 0.3) is 0 Å². The summed E-state index contributed by atoms with van der Waals surface area (Å²) in [4.78, 5) is 22.0. The van der Waals surface area contributed by atoms with Crippen molar-refractivity contribution in [2.45, 2.75) is 18.4 Å². The molecule has 0 saturated heterocycles. The molecular formula is C12H12N2O5S2. The lowest BCUT2D eigenvalue weighted by molar-refractivity contribution is 0.0702. The van der Waals surface area contributed by atoms with Crippen molar-refractivity contribution in [2.75, 3.05) is 4.72 Å². The van der Waals surface area contributed by atoms with E-state index in [1.165, 1.54) is 28.3 Å². The van der Waals surface area contributed by atoms with E-state index in [1.807, 2.05) is 0 Å². The number of aromatic nitrogens is 1. The largest absolute Gasteiger partial charge is 0.477 e. The summed E-state index contributed by atoms with van der Waals surface area (Å²) in [6.45, 7) is 2.17. The fourth-order valence-corrected chi connectivity index (χ4v) is 3.78. The highest BCUT2D eigenvalue weighted by atomic mass is 32.2. The topological polar surface area (TPSA) is 105 Å². The number of carboxylic acids is 1. The molecule has 0 aliphatic carbocycles. The van der Waals surface area contributed by atoms with Gasteiger partial charge in [0, 0.05) is 24.2 Å². The van der Waals surface area contributed by atoms with Crippen molar-refractivity contribution in [3.05, 3.63) is 45.0 Å². The van der Waals surface area contributed by atoms with Crippen molar-refractivity contribution in [2.24, 2.45) is 0 Å². The van der Waals surface area contributed by atoms with Gasteiger partial charge in [-0.1, -0.05) is 0 Å². The molecule has 112 valence electrons. The Hall–Kier alpha value is -2.13. The first kappa shape index (κ1) is 15.3. The minimum Gasteiger partial charge on any atom is -0.477 e. The number of pyridine rings is 1. The fourth-order valence-electron chi connectivity index (χ4n) is 1.62. The van der Waals surface area contributed by atoms with Gasteiger partial charge in [0.1, 0.15) is 4.88 Å². The Morgan fingerprint density at radius 1 is 1.43 bits per heavy atom. The van der Waals surface area contributed by atoms with Crippen molar-refractivity contribution >= 4 is 33.0 Å². The van der Waals surface area contributed by atoms with Crippen molar-refractivity contribution in [1.82, 2.24) is 4.57 Å². The zero-order valence-electron chi connectivity index (χ0n) is 10.9. The Morgan fingerprint density at radius 2 is 2.14 bits per heavy atom. The summed E-state index contributed by atoms with van der Waals surface area (Å²) in [5.74, 6) is -1.18. The summed E-state index contributed by atoms with van der Waals surface area (Å²) in [6, 6.07) is 3.71. The van der Waals surface area contributed by atoms with E-state index in [2.05, 4.69) is 4.72 Å². The van der Waals surface area contributed by atoms with Crippen LogP contribution in [0.3, 0.4) is 0 Å². The fraction of sp³-hybridized carbons (Fsp3) is 0.167. The average molecular weight is 328 g/mol. The van der Waals surface area contributed by atoms with E-state index in [4.69, 9.17) is 5.11 Å². The Balaban J connectivity index is 2.32. The van der Waals surface area contributed by atoms with E-state index >= 15 is 0 Å². The zero-order valence-corrected chi connectivity index (χ0v) is 12.6. The van der Waals surface area contributed by atoms with Gasteiger partial charge in [-0.05, 0) is 19.1 Å². The molecule has 2 N–H and O–H groups in total. The Morgan fingerprint density at radius 3 is 2.71 bits per heavy atom. The zero-order chi connectivity index (χ0) is 15.6. The molecule has 0 atom stereocenters. The molecule has 0 amide bonds. The van der Waals surface area contributed by atoms with Crippen LogP contribution in [0.5, 0.6) is 0 Å². The van der Waals surface area contributed by atoms with E-state index in [1.54, 1.807) is 6.92 Å². The van der Waals surface area contributed by atoms with Gasteiger partial charge in [-0.25, -0.2) is 13.2 Å². The first-order valence-electron chi connectivity index (χ1n) is 5.88. The predicted molar refractivity (Wildman–Crippen MR) is 78.5 cm³/mol. The summed E-state index contributed by atoms with van der Waals surface area (Å²) in [5, 5.41) is 10.1. The maximum absolute atomic E-state index is 12.1. The molecule has 0 aromatic carbocycles. The summed E-state index contributed by atoms with van der Waals surface area (Å²) >= 11 is 0.831. The number of thiophene rings is 1. The number of aromatic carboxylic acids is 1. The van der Waals surface area contributed by atoms with Crippen LogP contribution < -0.4 is 10.3 Å². The molecule has 0 spiro atoms. The molecule has 0 aliphatic rings. The van der Waals surface area contributed by atoms with Crippen molar-refractivity contribution in [1.29, 1.82) is 0 Å². The SMILES string of the molecule is CCn1cc(NS(=O)(=O)c2csc(C(=O)O)c2)ccc1=O. The van der Waals surface area contributed by atoms with E-state index in [-0.39, 0.29) is 21.0 Å². The maximum atomic E-state index is 12.1. The minimum absolute atomic E-state index is 0.0612. The number of hydrogen-bond donors (Lipinski definition) is 2. The first-order valence-corrected chi connectivity index (χ1v) is 8.25. The number of anilines is 1. The number of nitrogens with one attached hydrogen (secondary N) is 1. The monoisotopic (exact) mass is 328 g/mol. The van der Waals surface area contributed by atoms with Gasteiger partial charge in [-0.2, -0.15) is 0 Å². The molecule has 2 aromatic heterocycles. The van der Waals surface area contributed by atoms with Crippen LogP contribution in [0.4, 0.5) is 5.69 Å². The third-order valence-corrected chi connectivity index (χ3v) is 5.10. The first-order chi connectivity index (χ1) is 9.83. The van der Waals surface area contributed by atoms with E-state index in [0.29, 0.717) is 6.54 Å². The van der Waals surface area contributed by atoms with E-state index in [0.717, 1.165) is 17.4 Å². The third kappa shape index (κ3) is 3.31. The Bertz CT molecular complexity index is 835. The molecule has 0 unspecified atom stereocenters.